The number of hydrogen-bond donors (Lipinski definition) is 1. The van der Waals surface area contributed by atoms with Crippen LogP contribution in [0.5, 0.6) is 5.75 Å². The number of fused-ring (bicyclic) bond motifs is 1. The van der Waals surface area contributed by atoms with Crippen LogP contribution in [0.2, 0.25) is 0 Å². The molecular weight excluding hydrogens is 374 g/mol. The lowest BCUT2D eigenvalue weighted by atomic mass is 10.1. The van der Waals surface area contributed by atoms with Crippen LogP contribution in [-0.2, 0) is 17.8 Å². The van der Waals surface area contributed by atoms with Crippen molar-refractivity contribution in [2.24, 2.45) is 0 Å². The van der Waals surface area contributed by atoms with Crippen LogP contribution in [0, 0.1) is 6.92 Å². The largest absolute Gasteiger partial charge is 0.492 e. The Morgan fingerprint density at radius 3 is 2.61 bits per heavy atom. The molecule has 1 amide bonds. The summed E-state index contributed by atoms with van der Waals surface area (Å²) >= 11 is 1.63. The summed E-state index contributed by atoms with van der Waals surface area (Å²) in [6.07, 6.45) is 0.715. The molecule has 1 aliphatic heterocycles. The summed E-state index contributed by atoms with van der Waals surface area (Å²) < 4.78 is 7.24. The summed E-state index contributed by atoms with van der Waals surface area (Å²) in [7, 11) is 0. The van der Waals surface area contributed by atoms with Crippen LogP contribution < -0.4 is 15.6 Å². The van der Waals surface area contributed by atoms with Crippen LogP contribution in [0.15, 0.2) is 53.3 Å². The number of nitrogens with one attached hydrogen (secondary N) is 1. The highest BCUT2D eigenvalue weighted by molar-refractivity contribution is 8.01. The molecule has 28 heavy (non-hydrogen) atoms. The number of rotatable bonds is 6. The van der Waals surface area contributed by atoms with Gasteiger partial charge in [0, 0.05) is 5.39 Å². The zero-order valence-corrected chi connectivity index (χ0v) is 16.4. The molecule has 6 nitrogen and oxygen atoms in total. The first-order chi connectivity index (χ1) is 13.6. The van der Waals surface area contributed by atoms with Crippen LogP contribution >= 0.6 is 11.8 Å². The van der Waals surface area contributed by atoms with Crippen molar-refractivity contribution < 1.29 is 9.53 Å². The topological polar surface area (TPSA) is 73.2 Å². The molecule has 3 aromatic rings. The van der Waals surface area contributed by atoms with E-state index in [0.29, 0.717) is 30.8 Å². The minimum Gasteiger partial charge on any atom is -0.492 e. The summed E-state index contributed by atoms with van der Waals surface area (Å²) in [5.74, 6) is 1.53. The van der Waals surface area contributed by atoms with Gasteiger partial charge in [-0.05, 0) is 37.1 Å². The normalized spacial score (nSPS) is 16.3. The van der Waals surface area contributed by atoms with Crippen LogP contribution in [0.25, 0.3) is 10.8 Å². The Morgan fingerprint density at radius 2 is 1.89 bits per heavy atom. The molecular formula is C21H21N3O3S. The van der Waals surface area contributed by atoms with Crippen molar-refractivity contribution in [3.63, 3.8) is 0 Å². The van der Waals surface area contributed by atoms with Crippen molar-refractivity contribution in [3.8, 4) is 5.75 Å². The molecule has 4 rings (SSSR count). The summed E-state index contributed by atoms with van der Waals surface area (Å²) in [4.78, 5) is 24.2. The van der Waals surface area contributed by atoms with Gasteiger partial charge in [0.05, 0.1) is 28.8 Å². The smallest absolute Gasteiger partial charge is 0.274 e. The number of aromatic nitrogens is 2. The molecule has 144 valence electrons. The van der Waals surface area contributed by atoms with Crippen molar-refractivity contribution in [2.45, 2.75) is 25.1 Å². The van der Waals surface area contributed by atoms with Gasteiger partial charge in [0.2, 0.25) is 5.91 Å². The Morgan fingerprint density at radius 1 is 1.14 bits per heavy atom. The number of amides is 1. The molecule has 1 aliphatic rings. The third kappa shape index (κ3) is 3.89. The van der Waals surface area contributed by atoms with E-state index in [2.05, 4.69) is 10.4 Å². The Balaban J connectivity index is 1.37. The van der Waals surface area contributed by atoms with E-state index in [1.54, 1.807) is 11.8 Å². The summed E-state index contributed by atoms with van der Waals surface area (Å²) in [6, 6.07) is 15.3. The number of ether oxygens (including phenoxy) is 1. The van der Waals surface area contributed by atoms with Crippen LogP contribution in [0.4, 0.5) is 0 Å². The van der Waals surface area contributed by atoms with Crippen LogP contribution in [0.1, 0.15) is 11.3 Å². The second kappa shape index (κ2) is 8.06. The van der Waals surface area contributed by atoms with E-state index in [0.717, 1.165) is 22.4 Å². The van der Waals surface area contributed by atoms with Crippen molar-refractivity contribution in [1.82, 2.24) is 15.1 Å². The van der Waals surface area contributed by atoms with Gasteiger partial charge in [0.1, 0.15) is 12.4 Å². The van der Waals surface area contributed by atoms with E-state index < -0.39 is 0 Å². The van der Waals surface area contributed by atoms with E-state index in [1.807, 2.05) is 55.5 Å². The Hall–Kier alpha value is -2.80. The molecule has 0 bridgehead atoms. The third-order valence-electron chi connectivity index (χ3n) is 4.79. The second-order valence-electron chi connectivity index (χ2n) is 6.70. The zero-order valence-electron chi connectivity index (χ0n) is 15.6. The standard InChI is InChI=1S/C21H21N3O3S/c1-14-17-4-2-3-5-18(17)21(26)24(23-14)10-11-27-16-8-6-15(7-9-16)12-19-20(25)22-13-28-19/h2-9,19H,10-13H2,1H3,(H,22,25). The number of aryl methyl sites for hydroxylation is 1. The fourth-order valence-corrected chi connectivity index (χ4v) is 4.27. The quantitative estimate of drug-likeness (QED) is 0.694. The van der Waals surface area contributed by atoms with Crippen molar-refractivity contribution in [2.75, 3.05) is 12.5 Å². The summed E-state index contributed by atoms with van der Waals surface area (Å²) in [6.45, 7) is 2.64. The van der Waals surface area contributed by atoms with Gasteiger partial charge >= 0.3 is 0 Å². The zero-order chi connectivity index (χ0) is 19.5. The summed E-state index contributed by atoms with van der Waals surface area (Å²) in [5, 5.41) is 8.77. The number of carbonyl (C=O) groups excluding carboxylic acids is 1. The van der Waals surface area contributed by atoms with Crippen molar-refractivity contribution in [1.29, 1.82) is 0 Å². The van der Waals surface area contributed by atoms with E-state index in [1.165, 1.54) is 4.68 Å². The Kier molecular flexibility index (Phi) is 5.34. The van der Waals surface area contributed by atoms with E-state index in [9.17, 15) is 9.59 Å². The number of thioether (sulfide) groups is 1. The first kappa shape index (κ1) is 18.6. The molecule has 7 heteroatoms. The molecule has 2 aromatic carbocycles. The maximum Gasteiger partial charge on any atom is 0.274 e. The van der Waals surface area contributed by atoms with Gasteiger partial charge in [-0.2, -0.15) is 5.10 Å². The molecule has 0 spiro atoms. The van der Waals surface area contributed by atoms with Gasteiger partial charge in [-0.3, -0.25) is 9.59 Å². The molecule has 1 atom stereocenters. The lowest BCUT2D eigenvalue weighted by molar-refractivity contribution is -0.119. The average molecular weight is 395 g/mol. The molecule has 1 saturated heterocycles. The molecule has 2 heterocycles. The number of nitrogens with zero attached hydrogens (tertiary/aromatic N) is 2. The fourth-order valence-electron chi connectivity index (χ4n) is 3.30. The highest BCUT2D eigenvalue weighted by Crippen LogP contribution is 2.22. The van der Waals surface area contributed by atoms with Crippen LogP contribution in [0.3, 0.4) is 0 Å². The van der Waals surface area contributed by atoms with Crippen molar-refractivity contribution in [3.05, 3.63) is 70.1 Å². The minimum absolute atomic E-state index is 0.0131. The fraction of sp³-hybridized carbons (Fsp3) is 0.286. The molecule has 1 aromatic heterocycles. The lowest BCUT2D eigenvalue weighted by Crippen LogP contribution is -2.26. The maximum atomic E-state index is 12.6. The number of benzene rings is 2. The molecule has 1 unspecified atom stereocenters. The molecule has 0 radical (unpaired) electrons. The average Bonchev–Trinajstić information content (AvgIpc) is 3.11. The predicted molar refractivity (Wildman–Crippen MR) is 111 cm³/mol. The van der Waals surface area contributed by atoms with Gasteiger partial charge < -0.3 is 10.1 Å². The predicted octanol–water partition coefficient (Wildman–Crippen LogP) is 2.52. The van der Waals surface area contributed by atoms with Crippen LogP contribution in [-0.4, -0.2) is 33.4 Å². The third-order valence-corrected chi connectivity index (χ3v) is 5.89. The first-order valence-corrected chi connectivity index (χ1v) is 10.2. The first-order valence-electron chi connectivity index (χ1n) is 9.19. The Labute approximate surface area is 166 Å². The van der Waals surface area contributed by atoms with Gasteiger partial charge in [0.15, 0.2) is 0 Å². The molecule has 1 fully saturated rings. The number of hydrogen-bond acceptors (Lipinski definition) is 5. The highest BCUT2D eigenvalue weighted by atomic mass is 32.2. The SMILES string of the molecule is Cc1nn(CCOc2ccc(CC3SCNC3=O)cc2)c(=O)c2ccccc12. The van der Waals surface area contributed by atoms with Gasteiger partial charge in [0.25, 0.3) is 5.56 Å². The molecule has 0 saturated carbocycles. The maximum absolute atomic E-state index is 12.6. The van der Waals surface area contributed by atoms with Gasteiger partial charge in [-0.1, -0.05) is 30.3 Å². The molecule has 1 N–H and O–H groups in total. The van der Waals surface area contributed by atoms with Gasteiger partial charge in [-0.25, -0.2) is 4.68 Å². The minimum atomic E-state index is -0.104. The van der Waals surface area contributed by atoms with E-state index >= 15 is 0 Å². The highest BCUT2D eigenvalue weighted by Gasteiger charge is 2.24. The summed E-state index contributed by atoms with van der Waals surface area (Å²) in [5.41, 5.74) is 1.82. The number of carbonyl (C=O) groups is 1. The molecule has 0 aliphatic carbocycles. The Bertz CT molecular complexity index is 1060. The second-order valence-corrected chi connectivity index (χ2v) is 7.89. The van der Waals surface area contributed by atoms with Crippen molar-refractivity contribution >= 4 is 28.4 Å². The monoisotopic (exact) mass is 395 g/mol. The van der Waals surface area contributed by atoms with E-state index in [-0.39, 0.29) is 16.7 Å². The van der Waals surface area contributed by atoms with E-state index in [4.69, 9.17) is 4.74 Å². The van der Waals surface area contributed by atoms with Gasteiger partial charge in [-0.15, -0.1) is 11.8 Å². The lowest BCUT2D eigenvalue weighted by Gasteiger charge is -2.11.